The topological polar surface area (TPSA) is 155 Å². The van der Waals surface area contributed by atoms with Crippen LogP contribution in [0.15, 0.2) is 97.1 Å². The van der Waals surface area contributed by atoms with Gasteiger partial charge in [-0.15, -0.1) is 0 Å². The molecule has 270 valence electrons. The van der Waals surface area contributed by atoms with E-state index in [0.29, 0.717) is 58.8 Å². The summed E-state index contributed by atoms with van der Waals surface area (Å²) in [5, 5.41) is 32.4. The molecule has 51 heavy (non-hydrogen) atoms. The SMILES string of the molecule is CC(C)(C)OC(=O)N(CCCO)CCN(Cc1cccc([N+](=O)[O-])c1)Cc1cccc(CN(Cc2ccccc2)Cc2cccc([N+](=O)[O-])c2)n1. The molecule has 1 N–H and O–H groups in total. The van der Waals surface area contributed by atoms with Gasteiger partial charge in [0.25, 0.3) is 11.4 Å². The second kappa shape index (κ2) is 18.7. The Labute approximate surface area is 298 Å². The lowest BCUT2D eigenvalue weighted by Crippen LogP contribution is -2.42. The van der Waals surface area contributed by atoms with Crippen LogP contribution in [0.2, 0.25) is 0 Å². The second-order valence-electron chi connectivity index (χ2n) is 13.4. The average Bonchev–Trinajstić information content (AvgIpc) is 3.08. The molecule has 0 aliphatic heterocycles. The summed E-state index contributed by atoms with van der Waals surface area (Å²) in [4.78, 5) is 46.0. The molecule has 1 amide bonds. The number of non-ortho nitro benzene ring substituents is 2. The standard InChI is InChI=1S/C38H46N6O7/c1-38(2,3)51-37(46)42(19-10-22-45)21-20-40(26-31-13-7-17-35(23-31)43(47)48)28-33-15-9-16-34(39-33)29-41(25-30-11-5-4-6-12-30)27-32-14-8-18-36(24-32)44(49)50/h4-9,11-18,23-24,45H,10,19-22,25-29H2,1-3H3. The summed E-state index contributed by atoms with van der Waals surface area (Å²) >= 11 is 0. The van der Waals surface area contributed by atoms with Gasteiger partial charge < -0.3 is 14.7 Å². The highest BCUT2D eigenvalue weighted by atomic mass is 16.6. The summed E-state index contributed by atoms with van der Waals surface area (Å²) in [6, 6.07) is 28.9. The smallest absolute Gasteiger partial charge is 0.410 e. The number of aliphatic hydroxyl groups is 1. The normalized spacial score (nSPS) is 11.5. The fourth-order valence-electron chi connectivity index (χ4n) is 5.58. The number of amides is 1. The van der Waals surface area contributed by atoms with Gasteiger partial charge in [-0.05, 0) is 56.0 Å². The van der Waals surface area contributed by atoms with E-state index in [2.05, 4.69) is 9.80 Å². The first kappa shape index (κ1) is 38.6. The Morgan fingerprint density at radius 2 is 1.20 bits per heavy atom. The summed E-state index contributed by atoms with van der Waals surface area (Å²) < 4.78 is 5.63. The number of carbonyl (C=O) groups is 1. The van der Waals surface area contributed by atoms with Crippen LogP contribution >= 0.6 is 0 Å². The molecule has 1 heterocycles. The van der Waals surface area contributed by atoms with Crippen LogP contribution in [-0.2, 0) is 37.5 Å². The van der Waals surface area contributed by atoms with Gasteiger partial charge in [0.1, 0.15) is 5.60 Å². The zero-order valence-electron chi connectivity index (χ0n) is 29.4. The van der Waals surface area contributed by atoms with E-state index in [1.807, 2.05) is 60.7 Å². The van der Waals surface area contributed by atoms with Gasteiger partial charge >= 0.3 is 6.09 Å². The van der Waals surface area contributed by atoms with E-state index in [-0.39, 0.29) is 18.0 Å². The first-order valence-corrected chi connectivity index (χ1v) is 16.9. The van der Waals surface area contributed by atoms with Crippen LogP contribution in [0.25, 0.3) is 0 Å². The van der Waals surface area contributed by atoms with Crippen molar-refractivity contribution in [2.24, 2.45) is 0 Å². The van der Waals surface area contributed by atoms with Crippen molar-refractivity contribution in [1.29, 1.82) is 0 Å². The van der Waals surface area contributed by atoms with Crippen LogP contribution < -0.4 is 0 Å². The van der Waals surface area contributed by atoms with Gasteiger partial charge in [0.2, 0.25) is 0 Å². The molecule has 4 aromatic rings. The van der Waals surface area contributed by atoms with E-state index in [4.69, 9.17) is 9.72 Å². The highest BCUT2D eigenvalue weighted by Crippen LogP contribution is 2.20. The molecule has 4 rings (SSSR count). The fraction of sp³-hybridized carbons (Fsp3) is 0.368. The molecule has 0 bridgehead atoms. The van der Waals surface area contributed by atoms with E-state index < -0.39 is 21.5 Å². The Bertz CT molecular complexity index is 1750. The Balaban J connectivity index is 1.57. The number of nitrogens with zero attached hydrogens (tertiary/aromatic N) is 6. The van der Waals surface area contributed by atoms with Gasteiger partial charge in [-0.1, -0.05) is 60.7 Å². The molecule has 13 heteroatoms. The fourth-order valence-corrected chi connectivity index (χ4v) is 5.58. The number of benzene rings is 3. The molecule has 0 fully saturated rings. The highest BCUT2D eigenvalue weighted by molar-refractivity contribution is 5.68. The largest absolute Gasteiger partial charge is 0.444 e. The lowest BCUT2D eigenvalue weighted by atomic mass is 10.1. The third-order valence-electron chi connectivity index (χ3n) is 7.86. The molecular formula is C38H46N6O7. The maximum absolute atomic E-state index is 13.1. The average molecular weight is 699 g/mol. The molecule has 0 aliphatic carbocycles. The lowest BCUT2D eigenvalue weighted by Gasteiger charge is -2.30. The molecule has 0 saturated heterocycles. The quantitative estimate of drug-likeness (QED) is 0.0874. The number of nitro groups is 2. The molecule has 0 atom stereocenters. The summed E-state index contributed by atoms with van der Waals surface area (Å²) in [6.07, 6.45) is -0.0857. The number of aromatic nitrogens is 1. The minimum absolute atomic E-state index is 0.00634. The summed E-state index contributed by atoms with van der Waals surface area (Å²) in [7, 11) is 0. The molecule has 0 saturated carbocycles. The van der Waals surface area contributed by atoms with Gasteiger partial charge in [0, 0.05) is 83.2 Å². The number of hydrogen-bond donors (Lipinski definition) is 1. The Morgan fingerprint density at radius 1 is 0.686 bits per heavy atom. The summed E-state index contributed by atoms with van der Waals surface area (Å²) in [5.74, 6) is 0. The maximum Gasteiger partial charge on any atom is 0.410 e. The summed E-state index contributed by atoms with van der Waals surface area (Å²) in [6.45, 7) is 8.64. The van der Waals surface area contributed by atoms with Crippen molar-refractivity contribution in [2.75, 3.05) is 26.2 Å². The van der Waals surface area contributed by atoms with Crippen molar-refractivity contribution in [2.45, 2.75) is 65.5 Å². The van der Waals surface area contributed by atoms with Gasteiger partial charge in [-0.2, -0.15) is 0 Å². The van der Waals surface area contributed by atoms with E-state index in [9.17, 15) is 30.1 Å². The van der Waals surface area contributed by atoms with Crippen LogP contribution in [0.3, 0.4) is 0 Å². The van der Waals surface area contributed by atoms with Crippen molar-refractivity contribution in [3.05, 3.63) is 145 Å². The predicted molar refractivity (Wildman–Crippen MR) is 193 cm³/mol. The molecule has 0 spiro atoms. The van der Waals surface area contributed by atoms with Crippen molar-refractivity contribution >= 4 is 17.5 Å². The maximum atomic E-state index is 13.1. The number of rotatable bonds is 18. The van der Waals surface area contributed by atoms with Crippen molar-refractivity contribution in [3.63, 3.8) is 0 Å². The monoisotopic (exact) mass is 698 g/mol. The van der Waals surface area contributed by atoms with Crippen molar-refractivity contribution < 1.29 is 24.5 Å². The zero-order chi connectivity index (χ0) is 36.8. The minimum Gasteiger partial charge on any atom is -0.444 e. The molecule has 0 radical (unpaired) electrons. The van der Waals surface area contributed by atoms with Gasteiger partial charge in [0.15, 0.2) is 0 Å². The molecule has 1 aromatic heterocycles. The van der Waals surface area contributed by atoms with Crippen LogP contribution in [0.4, 0.5) is 16.2 Å². The van der Waals surface area contributed by atoms with Gasteiger partial charge in [-0.3, -0.25) is 35.0 Å². The minimum atomic E-state index is -0.689. The van der Waals surface area contributed by atoms with E-state index in [1.165, 1.54) is 12.1 Å². The first-order chi connectivity index (χ1) is 24.4. The molecular weight excluding hydrogens is 652 g/mol. The van der Waals surface area contributed by atoms with E-state index in [1.54, 1.807) is 49.9 Å². The lowest BCUT2D eigenvalue weighted by molar-refractivity contribution is -0.385. The number of pyridine rings is 1. The molecule has 3 aromatic carbocycles. The Hall–Kier alpha value is -5.24. The number of hydrogen-bond acceptors (Lipinski definition) is 10. The van der Waals surface area contributed by atoms with E-state index >= 15 is 0 Å². The third-order valence-corrected chi connectivity index (χ3v) is 7.86. The Morgan fingerprint density at radius 3 is 1.75 bits per heavy atom. The number of carbonyl (C=O) groups excluding carboxylic acids is 1. The molecule has 13 nitrogen and oxygen atoms in total. The number of nitro benzene ring substituents is 2. The van der Waals surface area contributed by atoms with Crippen LogP contribution in [0.1, 0.15) is 55.3 Å². The first-order valence-electron chi connectivity index (χ1n) is 16.9. The number of aliphatic hydroxyl groups excluding tert-OH is 1. The van der Waals surface area contributed by atoms with Crippen LogP contribution in [-0.4, -0.2) is 72.6 Å². The summed E-state index contributed by atoms with van der Waals surface area (Å²) in [5.41, 5.74) is 3.57. The van der Waals surface area contributed by atoms with Crippen molar-refractivity contribution in [3.8, 4) is 0 Å². The second-order valence-corrected chi connectivity index (χ2v) is 13.4. The Kier molecular flexibility index (Phi) is 14.1. The van der Waals surface area contributed by atoms with Gasteiger partial charge in [0.05, 0.1) is 21.2 Å². The van der Waals surface area contributed by atoms with Crippen LogP contribution in [0.5, 0.6) is 0 Å². The van der Waals surface area contributed by atoms with E-state index in [0.717, 1.165) is 28.1 Å². The predicted octanol–water partition coefficient (Wildman–Crippen LogP) is 6.72. The van der Waals surface area contributed by atoms with Crippen LogP contribution in [0, 0.1) is 20.2 Å². The zero-order valence-corrected chi connectivity index (χ0v) is 29.4. The van der Waals surface area contributed by atoms with Crippen molar-refractivity contribution in [1.82, 2.24) is 19.7 Å². The molecule has 0 aliphatic rings. The number of ether oxygens (including phenoxy) is 1. The highest BCUT2D eigenvalue weighted by Gasteiger charge is 2.23. The third kappa shape index (κ3) is 13.2. The van der Waals surface area contributed by atoms with Gasteiger partial charge in [-0.25, -0.2) is 4.79 Å². The molecule has 0 unspecified atom stereocenters.